The van der Waals surface area contributed by atoms with Gasteiger partial charge in [0.15, 0.2) is 11.4 Å². The number of aryl methyl sites for hydroxylation is 1. The van der Waals surface area contributed by atoms with Crippen molar-refractivity contribution in [3.05, 3.63) is 120 Å². The van der Waals surface area contributed by atoms with Crippen molar-refractivity contribution in [3.63, 3.8) is 0 Å². The quantitative estimate of drug-likeness (QED) is 0.113. The molecule has 6 aromatic rings. The predicted molar refractivity (Wildman–Crippen MR) is 243 cm³/mol. The molecule has 4 aliphatic heterocycles. The number of ether oxygens (including phenoxy) is 2. The molecule has 2 amide bonds. The van der Waals surface area contributed by atoms with E-state index in [9.17, 15) is 39.3 Å². The van der Waals surface area contributed by atoms with Crippen molar-refractivity contribution < 1.29 is 43.6 Å². The monoisotopic (exact) mass is 925 g/mol. The van der Waals surface area contributed by atoms with Crippen LogP contribution in [0, 0.1) is 12.7 Å². The minimum atomic E-state index is -2.02. The summed E-state index contributed by atoms with van der Waals surface area (Å²) in [5.41, 5.74) is 2.75. The number of alkyl carbamates (subject to hydrolysis) is 1. The van der Waals surface area contributed by atoms with E-state index in [0.717, 1.165) is 18.4 Å². The number of carbonyl (C=O) groups excluding carboxylic acids is 3. The molecule has 2 fully saturated rings. The number of phenolic OH excluding ortho intramolecular Hbond substituents is 2. The minimum absolute atomic E-state index is 0.0201. The number of nitrogens with zero attached hydrogens (tertiary/aromatic N) is 5. The summed E-state index contributed by atoms with van der Waals surface area (Å²) >= 11 is 0. The van der Waals surface area contributed by atoms with Gasteiger partial charge in [-0.15, -0.1) is 0 Å². The first-order valence-electron chi connectivity index (χ1n) is 23.0. The second kappa shape index (κ2) is 15.6. The van der Waals surface area contributed by atoms with Crippen LogP contribution in [0.1, 0.15) is 121 Å². The highest BCUT2D eigenvalue weighted by molar-refractivity contribution is 5.96. The number of fused-ring (bicyclic) bond motifs is 7. The fraction of sp³-hybridized carbons (Fsp3) is 0.380. The summed E-state index contributed by atoms with van der Waals surface area (Å²) in [4.78, 5) is 74.7. The maximum absolute atomic E-state index is 15.5. The van der Waals surface area contributed by atoms with Crippen LogP contribution >= 0.6 is 0 Å². The fourth-order valence-electron chi connectivity index (χ4n) is 11.4. The van der Waals surface area contributed by atoms with Gasteiger partial charge in [0.25, 0.3) is 11.5 Å². The number of H-pyrrole nitrogens is 1. The Balaban J connectivity index is 0.822. The molecule has 1 unspecified atom stereocenters. The zero-order valence-corrected chi connectivity index (χ0v) is 37.7. The molecule has 3 aromatic heterocycles. The molecule has 0 saturated carbocycles. The Kier molecular flexibility index (Phi) is 9.93. The van der Waals surface area contributed by atoms with Gasteiger partial charge >= 0.3 is 17.8 Å². The van der Waals surface area contributed by atoms with E-state index in [1.54, 1.807) is 50.2 Å². The number of nitrogens with one attached hydrogen (secondary N) is 2. The molecule has 1 aliphatic carbocycles. The number of carbonyl (C=O) groups is 3. The number of aromatic hydroxyl groups is 2. The summed E-state index contributed by atoms with van der Waals surface area (Å²) in [7, 11) is 0. The first-order valence-corrected chi connectivity index (χ1v) is 23.0. The van der Waals surface area contributed by atoms with Crippen LogP contribution in [0.25, 0.3) is 39.4 Å². The van der Waals surface area contributed by atoms with Crippen LogP contribution in [-0.4, -0.2) is 80.7 Å². The number of aromatic amines is 1. The highest BCUT2D eigenvalue weighted by Crippen LogP contribution is 2.47. The maximum Gasteiger partial charge on any atom is 0.407 e. The molecule has 0 spiro atoms. The standard InChI is InChI=1S/C50H48FN7O10/c1-5-50(66)34-17-38-43-32(20-56(38)46(62)33(34)21-67-47(50)63)42-36(13-12-29-23(4)35(51)18-37(52-43)41(29)42)53-49(65)68-28-14-26-10-11-27(15-28)57(26)45(61)24-6-8-25(9-7-24)58-44(54-55-48(58)64)31-16-30(22(2)3)39(59)19-40(31)60/h6-9,16-19,22,26-28,36,59-60,66H,5,10-15,20-21H2,1-4H3,(H,53,65)(H,55,64)/t26-,27+,28?,36-,50-/m0/s1. The van der Waals surface area contributed by atoms with Gasteiger partial charge in [0.05, 0.1) is 46.3 Å². The molecule has 0 radical (unpaired) electrons. The number of benzene rings is 3. The molecule has 2 bridgehead atoms. The van der Waals surface area contributed by atoms with Crippen LogP contribution in [0.2, 0.25) is 0 Å². The van der Waals surface area contributed by atoms with E-state index >= 15 is 4.39 Å². The number of hydrogen-bond donors (Lipinski definition) is 5. The highest BCUT2D eigenvalue weighted by Gasteiger charge is 2.47. The molecule has 350 valence electrons. The van der Waals surface area contributed by atoms with Crippen molar-refractivity contribution in [3.8, 4) is 40.0 Å². The number of aliphatic hydroxyl groups is 1. The van der Waals surface area contributed by atoms with E-state index in [-0.39, 0.29) is 77.5 Å². The Morgan fingerprint density at radius 3 is 2.44 bits per heavy atom. The molecule has 5 atom stereocenters. The van der Waals surface area contributed by atoms with Gasteiger partial charge in [-0.2, -0.15) is 5.10 Å². The zero-order valence-electron chi connectivity index (χ0n) is 37.7. The molecule has 68 heavy (non-hydrogen) atoms. The van der Waals surface area contributed by atoms with Gasteiger partial charge in [-0.1, -0.05) is 20.8 Å². The number of pyridine rings is 2. The fourth-order valence-corrected chi connectivity index (χ4v) is 11.4. The minimum Gasteiger partial charge on any atom is -0.508 e. The normalized spacial score (nSPS) is 22.2. The van der Waals surface area contributed by atoms with Crippen LogP contribution < -0.4 is 16.6 Å². The number of aromatic nitrogens is 5. The third-order valence-corrected chi connectivity index (χ3v) is 14.9. The van der Waals surface area contributed by atoms with Crippen LogP contribution in [0.15, 0.2) is 58.1 Å². The molecular formula is C50H48FN7O10. The summed E-state index contributed by atoms with van der Waals surface area (Å²) in [6.45, 7) is 6.95. The Labute approximate surface area is 387 Å². The van der Waals surface area contributed by atoms with Crippen LogP contribution in [0.3, 0.4) is 0 Å². The zero-order chi connectivity index (χ0) is 47.7. The molecule has 5 N–H and O–H groups in total. The van der Waals surface area contributed by atoms with Crippen molar-refractivity contribution in [1.82, 2.24) is 34.5 Å². The van der Waals surface area contributed by atoms with Gasteiger partial charge in [-0.3, -0.25) is 9.59 Å². The molecule has 2 saturated heterocycles. The summed E-state index contributed by atoms with van der Waals surface area (Å²) in [5.74, 6) is -1.71. The molecule has 11 rings (SSSR count). The van der Waals surface area contributed by atoms with Crippen LogP contribution in [-0.2, 0) is 39.4 Å². The van der Waals surface area contributed by atoms with Crippen LogP contribution in [0.5, 0.6) is 11.5 Å². The molecule has 17 nitrogen and oxygen atoms in total. The van der Waals surface area contributed by atoms with Crippen molar-refractivity contribution in [2.75, 3.05) is 0 Å². The van der Waals surface area contributed by atoms with Gasteiger partial charge in [-0.25, -0.2) is 33.4 Å². The number of piperidine rings is 1. The smallest absolute Gasteiger partial charge is 0.407 e. The lowest BCUT2D eigenvalue weighted by Crippen LogP contribution is -2.49. The SMILES string of the molecule is CC[C@@]1(O)C(=O)OCc2c1cc1n(c2=O)Cc2c-1nc1cc(F)c(C)c3c1c2[C@@H](NC(=O)OC1C[C@H]2CC[C@@H](C1)N2C(=O)c1ccc(-n2c(-c4cc(C(C)C)c(O)cc4O)n[nH]c2=O)cc1)CC3. The number of amides is 2. The predicted octanol–water partition coefficient (Wildman–Crippen LogP) is 6.15. The average Bonchev–Trinajstić information content (AvgIpc) is 3.97. The lowest BCUT2D eigenvalue weighted by molar-refractivity contribution is -0.172. The second-order valence-corrected chi connectivity index (χ2v) is 19.0. The Bertz CT molecular complexity index is 3290. The molecule has 5 aliphatic rings. The summed E-state index contributed by atoms with van der Waals surface area (Å²) in [6.07, 6.45) is 2.04. The number of rotatable bonds is 7. The number of esters is 1. The Hall–Kier alpha value is -7.34. The van der Waals surface area contributed by atoms with Gasteiger partial charge in [0, 0.05) is 59.1 Å². The summed E-state index contributed by atoms with van der Waals surface area (Å²) in [5, 5.41) is 42.9. The van der Waals surface area contributed by atoms with E-state index < -0.39 is 46.9 Å². The first kappa shape index (κ1) is 43.2. The largest absolute Gasteiger partial charge is 0.508 e. The van der Waals surface area contributed by atoms with E-state index in [1.165, 1.54) is 21.3 Å². The molecule has 3 aromatic carbocycles. The second-order valence-electron chi connectivity index (χ2n) is 19.0. The Morgan fingerprint density at radius 2 is 1.74 bits per heavy atom. The van der Waals surface area contributed by atoms with E-state index in [4.69, 9.17) is 14.5 Å². The van der Waals surface area contributed by atoms with Crippen molar-refractivity contribution in [2.45, 2.75) is 122 Å². The lowest BCUT2D eigenvalue weighted by atomic mass is 9.81. The van der Waals surface area contributed by atoms with Crippen molar-refractivity contribution in [1.29, 1.82) is 0 Å². The van der Waals surface area contributed by atoms with Gasteiger partial charge in [-0.05, 0) is 104 Å². The van der Waals surface area contributed by atoms with Crippen LogP contribution in [0.4, 0.5) is 9.18 Å². The highest BCUT2D eigenvalue weighted by atomic mass is 19.1. The topological polar surface area (TPSA) is 231 Å². The number of hydrogen-bond acceptors (Lipinski definition) is 12. The summed E-state index contributed by atoms with van der Waals surface area (Å²) < 4.78 is 29.7. The van der Waals surface area contributed by atoms with E-state index in [2.05, 4.69) is 15.5 Å². The first-order chi connectivity index (χ1) is 32.6. The third-order valence-electron chi connectivity index (χ3n) is 14.9. The lowest BCUT2D eigenvalue weighted by Gasteiger charge is -2.39. The van der Waals surface area contributed by atoms with Crippen molar-refractivity contribution >= 4 is 28.9 Å². The van der Waals surface area contributed by atoms with Gasteiger partial charge < -0.3 is 39.6 Å². The average molecular weight is 926 g/mol. The number of halogens is 1. The molecule has 18 heteroatoms. The van der Waals surface area contributed by atoms with Gasteiger partial charge in [0.1, 0.15) is 30.0 Å². The third kappa shape index (κ3) is 6.47. The van der Waals surface area contributed by atoms with E-state index in [0.29, 0.717) is 81.5 Å². The number of phenols is 2. The van der Waals surface area contributed by atoms with E-state index in [1.807, 2.05) is 18.7 Å². The Morgan fingerprint density at radius 1 is 1.00 bits per heavy atom. The molecular weight excluding hydrogens is 878 g/mol. The van der Waals surface area contributed by atoms with Crippen molar-refractivity contribution in [2.24, 2.45) is 0 Å². The maximum atomic E-state index is 15.5. The molecule has 7 heterocycles. The summed E-state index contributed by atoms with van der Waals surface area (Å²) in [6, 6.07) is 11.4. The van der Waals surface area contributed by atoms with Gasteiger partial charge in [0.2, 0.25) is 0 Å². The number of cyclic esters (lactones) is 1.